The fourth-order valence-corrected chi connectivity index (χ4v) is 15.0. The molecule has 5 heterocycles. The number of benzene rings is 15. The first-order valence-corrected chi connectivity index (χ1v) is 40.7. The molecule has 24 heteroatoms. The fraction of sp³-hybridized carbons (Fsp3) is 0.0196. The van der Waals surface area contributed by atoms with E-state index in [1.54, 1.807) is 105 Å². The zero-order valence-corrected chi connectivity index (χ0v) is 69.0. The number of alkyl halides is 6. The highest BCUT2D eigenvalue weighted by molar-refractivity contribution is 9.10. The number of aliphatic imine (C=N–C) groups is 5. The Bertz CT molecular complexity index is 6630. The second-order valence-corrected chi connectivity index (χ2v) is 30.1. The fourth-order valence-electron chi connectivity index (χ4n) is 14.4. The molecule has 0 radical (unpaired) electrons. The van der Waals surface area contributed by atoms with Crippen LogP contribution in [0, 0.1) is 0 Å². The number of carbonyl (C=O) groups excluding carboxylic acids is 5. The maximum absolute atomic E-state index is 13.0. The number of amides is 5. The lowest BCUT2D eigenvalue weighted by molar-refractivity contribution is -0.138. The van der Waals surface area contributed by atoms with Crippen LogP contribution in [0.3, 0.4) is 0 Å². The van der Waals surface area contributed by atoms with Gasteiger partial charge in [-0.2, -0.15) is 26.3 Å². The summed E-state index contributed by atoms with van der Waals surface area (Å²) < 4.78 is 78.0. The van der Waals surface area contributed by atoms with Crippen molar-refractivity contribution in [3.8, 4) is 0 Å². The molecule has 5 aliphatic rings. The Morgan fingerprint density at radius 3 is 0.738 bits per heavy atom. The zero-order chi connectivity index (χ0) is 87.6. The molecular weight excluding hydrogens is 1710 g/mol. The van der Waals surface area contributed by atoms with Gasteiger partial charge < -0.3 is 0 Å². The van der Waals surface area contributed by atoms with E-state index < -0.39 is 23.5 Å². The van der Waals surface area contributed by atoms with Gasteiger partial charge in [-0.3, -0.25) is 48.5 Å². The summed E-state index contributed by atoms with van der Waals surface area (Å²) in [6.45, 7) is 0. The van der Waals surface area contributed by atoms with E-state index in [1.807, 2.05) is 261 Å². The quantitative estimate of drug-likeness (QED) is 0.124. The van der Waals surface area contributed by atoms with Crippen molar-refractivity contribution in [3.63, 3.8) is 0 Å². The number of fused-ring (bicyclic) bond motifs is 5. The summed E-state index contributed by atoms with van der Waals surface area (Å²) in [4.78, 5) is 95.6. The number of para-hydroxylation sites is 10. The molecule has 5 aliphatic heterocycles. The highest BCUT2D eigenvalue weighted by Gasteiger charge is 2.41. The minimum absolute atomic E-state index is 0.0814. The number of hydrogen-bond donors (Lipinski definition) is 0. The van der Waals surface area contributed by atoms with Crippen molar-refractivity contribution in [1.82, 2.24) is 0 Å². The molecular formula is C102H65BrCl2F6N10O5. The molecule has 0 aromatic heterocycles. The minimum atomic E-state index is -4.47. The average Bonchev–Trinajstić information content (AvgIpc) is 1.65. The van der Waals surface area contributed by atoms with Crippen molar-refractivity contribution in [3.05, 3.63) is 448 Å². The largest absolute Gasteiger partial charge is 0.416 e. The topological polar surface area (TPSA) is 163 Å². The number of rotatable bonds is 10. The van der Waals surface area contributed by atoms with Gasteiger partial charge in [-0.15, -0.1) is 0 Å². The van der Waals surface area contributed by atoms with Crippen LogP contribution in [-0.2, 0) is 36.3 Å². The lowest BCUT2D eigenvalue weighted by atomic mass is 10.1. The highest BCUT2D eigenvalue weighted by atomic mass is 79.9. The van der Waals surface area contributed by atoms with Gasteiger partial charge in [0.2, 0.25) is 0 Å². The van der Waals surface area contributed by atoms with Crippen LogP contribution in [0.4, 0.5) is 112 Å². The van der Waals surface area contributed by atoms with E-state index in [1.165, 1.54) is 29.2 Å². The molecule has 5 amide bonds. The summed E-state index contributed by atoms with van der Waals surface area (Å²) in [5.74, 6) is -1.06. The molecule has 0 fully saturated rings. The number of anilines is 10. The average molecular weight is 1780 g/mol. The maximum Gasteiger partial charge on any atom is 0.416 e. The van der Waals surface area contributed by atoms with Crippen LogP contribution >= 0.6 is 39.1 Å². The third-order valence-corrected chi connectivity index (χ3v) is 21.2. The first-order valence-electron chi connectivity index (χ1n) is 39.1. The first-order chi connectivity index (χ1) is 61.1. The van der Waals surface area contributed by atoms with Gasteiger partial charge >= 0.3 is 12.4 Å². The molecule has 0 saturated carbocycles. The predicted octanol–water partition coefficient (Wildman–Crippen LogP) is 26.5. The van der Waals surface area contributed by atoms with Crippen molar-refractivity contribution in [2.75, 3.05) is 24.5 Å². The van der Waals surface area contributed by atoms with E-state index in [4.69, 9.17) is 23.2 Å². The number of halogens is 9. The molecule has 15 nitrogen and oxygen atoms in total. The van der Waals surface area contributed by atoms with Crippen LogP contribution in [0.5, 0.6) is 0 Å². The van der Waals surface area contributed by atoms with Gasteiger partial charge in [0, 0.05) is 70.8 Å². The van der Waals surface area contributed by atoms with Gasteiger partial charge in [0.05, 0.1) is 68.0 Å². The Kier molecular flexibility index (Phi) is 24.8. The normalized spacial score (nSPS) is 15.1. The second kappa shape index (κ2) is 37.1. The molecule has 15 aromatic carbocycles. The Morgan fingerprint density at radius 2 is 0.460 bits per heavy atom. The molecule has 0 unspecified atom stereocenters. The van der Waals surface area contributed by atoms with Crippen LogP contribution in [0.15, 0.2) is 424 Å². The van der Waals surface area contributed by atoms with E-state index >= 15 is 0 Å². The van der Waals surface area contributed by atoms with Gasteiger partial charge in [-0.05, 0) is 200 Å². The van der Waals surface area contributed by atoms with E-state index in [0.717, 1.165) is 85.2 Å². The minimum Gasteiger partial charge on any atom is -0.275 e. The molecule has 0 aliphatic carbocycles. The van der Waals surface area contributed by atoms with Crippen LogP contribution in [0.1, 0.15) is 38.9 Å². The second-order valence-electron chi connectivity index (χ2n) is 28.3. The van der Waals surface area contributed by atoms with Gasteiger partial charge in [-0.25, -0.2) is 25.0 Å². The first kappa shape index (κ1) is 84.3. The standard InChI is InChI=1S/2C21H13F3N2O.C20H13BrN2O.2C20H13ClN2O/c22-21(23,24)14-7-6-8-15(13-14)25-19-17-11-4-5-12-18(17)26(20(19)27)16-9-2-1-3-10-16;22-21(23,24)14-10-12-15(13-11-14)25-19-17-8-4-5-9-18(17)26(20(19)27)16-6-2-1-3-7-16;21-14-10-12-15(13-11-14)22-19-17-8-4-5-9-18(17)23(20(19)24)16-6-2-1-3-7-16;21-14-7-6-8-15(13-14)22-19-17-11-4-5-12-18(17)23(20(19)24)16-9-2-1-3-10-16;21-14-10-12-15(13-11-14)22-19-17-8-4-5-9-18(17)23(20(19)24)16-6-2-1-3-7-16/h2*1-13H;3*1-13H. The molecule has 0 atom stereocenters. The monoisotopic (exact) mass is 1770 g/mol. The molecule has 0 saturated heterocycles. The number of carbonyl (C=O) groups is 5. The molecule has 0 N–H and O–H groups in total. The van der Waals surface area contributed by atoms with Gasteiger partial charge in [0.25, 0.3) is 29.5 Å². The molecule has 0 bridgehead atoms. The van der Waals surface area contributed by atoms with Crippen molar-refractivity contribution >= 4 is 183 Å². The summed E-state index contributed by atoms with van der Waals surface area (Å²) >= 11 is 15.4. The molecule has 126 heavy (non-hydrogen) atoms. The van der Waals surface area contributed by atoms with Crippen LogP contribution in [0.2, 0.25) is 10.0 Å². The molecule has 15 aromatic rings. The highest BCUT2D eigenvalue weighted by Crippen LogP contribution is 2.44. The summed E-state index contributed by atoms with van der Waals surface area (Å²) in [5, 5.41) is 1.23. The van der Waals surface area contributed by atoms with Gasteiger partial charge in [0.1, 0.15) is 28.6 Å². The summed E-state index contributed by atoms with van der Waals surface area (Å²) in [6.07, 6.45) is -8.88. The lowest BCUT2D eigenvalue weighted by Gasteiger charge is -2.16. The summed E-state index contributed by atoms with van der Waals surface area (Å²) in [5.41, 5.74) is 14.1. The lowest BCUT2D eigenvalue weighted by Crippen LogP contribution is -2.25. The van der Waals surface area contributed by atoms with E-state index in [-0.39, 0.29) is 52.3 Å². The van der Waals surface area contributed by atoms with Crippen molar-refractivity contribution in [1.29, 1.82) is 0 Å². The van der Waals surface area contributed by atoms with Crippen LogP contribution in [-0.4, -0.2) is 58.1 Å². The van der Waals surface area contributed by atoms with Crippen molar-refractivity contribution in [2.24, 2.45) is 25.0 Å². The Morgan fingerprint density at radius 1 is 0.222 bits per heavy atom. The van der Waals surface area contributed by atoms with E-state index in [2.05, 4.69) is 40.9 Å². The smallest absolute Gasteiger partial charge is 0.275 e. The Labute approximate surface area is 737 Å². The third kappa shape index (κ3) is 18.4. The summed E-state index contributed by atoms with van der Waals surface area (Å²) in [7, 11) is 0. The summed E-state index contributed by atoms with van der Waals surface area (Å²) in [6, 6.07) is 115. The predicted molar refractivity (Wildman–Crippen MR) is 491 cm³/mol. The SMILES string of the molecule is O=C1C(=Nc2ccc(Br)cc2)c2ccccc2N1c1ccccc1.O=C1C(=Nc2ccc(C(F)(F)F)cc2)c2ccccc2N1c1ccccc1.O=C1C(=Nc2ccc(Cl)cc2)c2ccccc2N1c1ccccc1.O=C1C(=Nc2cccc(C(F)(F)F)c2)c2ccccc2N1c1ccccc1.O=C1C(=Nc2cccc(Cl)c2)c2ccccc2N1c1ccccc1. The van der Waals surface area contributed by atoms with Gasteiger partial charge in [0.15, 0.2) is 0 Å². The van der Waals surface area contributed by atoms with Crippen molar-refractivity contribution < 1.29 is 50.3 Å². The molecule has 20 rings (SSSR count). The maximum atomic E-state index is 13.0. The van der Waals surface area contributed by atoms with Crippen molar-refractivity contribution in [2.45, 2.75) is 12.4 Å². The molecule has 0 spiro atoms. The Balaban J connectivity index is 0.000000116. The van der Waals surface area contributed by atoms with E-state index in [0.29, 0.717) is 72.4 Å². The number of nitrogens with zero attached hydrogens (tertiary/aromatic N) is 10. The van der Waals surface area contributed by atoms with Crippen LogP contribution < -0.4 is 24.5 Å². The number of hydrogen-bond acceptors (Lipinski definition) is 10. The zero-order valence-electron chi connectivity index (χ0n) is 65.9. The van der Waals surface area contributed by atoms with E-state index in [9.17, 15) is 50.3 Å². The van der Waals surface area contributed by atoms with Crippen LogP contribution in [0.25, 0.3) is 0 Å². The van der Waals surface area contributed by atoms with Gasteiger partial charge in [-0.1, -0.05) is 233 Å². The Hall–Kier alpha value is -15.4. The molecule has 616 valence electrons. The third-order valence-electron chi connectivity index (χ3n) is 20.1.